The minimum Gasteiger partial charge on any atom is -0.497 e. The molecular formula is C26H26N2O9S. The summed E-state index contributed by atoms with van der Waals surface area (Å²) in [6.07, 6.45) is 1.97. The number of nitrogens with one attached hydrogen (secondary N) is 1. The maximum atomic E-state index is 12.8. The molecule has 1 heterocycles. The predicted octanol–water partition coefficient (Wildman–Crippen LogP) is 4.51. The molecule has 0 saturated heterocycles. The molecule has 0 amide bonds. The Morgan fingerprint density at radius 3 is 2.53 bits per heavy atom. The van der Waals surface area contributed by atoms with Crippen LogP contribution in [0, 0.1) is 0 Å². The average molecular weight is 543 g/mol. The number of anilines is 1. The standard InChI is InChI=1S/C26H26N2O9S/c1-5-16-11-21(28-38(30,31)37-26(29)20-8-6-7-17-14-27-36-24(17)20)25(34-4)23(12-16)35-15-18-9-10-19(32-2)13-22(18)33-3/h6-14,28H,5,15H2,1-4H3. The predicted molar refractivity (Wildman–Crippen MR) is 138 cm³/mol. The Bertz CT molecular complexity index is 1560. The van der Waals surface area contributed by atoms with Crippen LogP contribution in [0.15, 0.2) is 59.3 Å². The first-order valence-electron chi connectivity index (χ1n) is 11.4. The molecule has 0 aliphatic rings. The first kappa shape index (κ1) is 26.6. The van der Waals surface area contributed by atoms with Crippen LogP contribution in [0.4, 0.5) is 5.69 Å². The number of ether oxygens (including phenoxy) is 4. The Balaban J connectivity index is 1.59. The van der Waals surface area contributed by atoms with Gasteiger partial charge in [-0.3, -0.25) is 0 Å². The summed E-state index contributed by atoms with van der Waals surface area (Å²) in [5.74, 6) is 0.437. The quantitative estimate of drug-likeness (QED) is 0.288. The molecule has 0 bridgehead atoms. The molecule has 4 rings (SSSR count). The monoisotopic (exact) mass is 542 g/mol. The Morgan fingerprint density at radius 1 is 1.00 bits per heavy atom. The number of fused-ring (bicyclic) bond motifs is 1. The zero-order valence-corrected chi connectivity index (χ0v) is 22.0. The number of para-hydroxylation sites is 1. The largest absolute Gasteiger partial charge is 0.497 e. The van der Waals surface area contributed by atoms with E-state index >= 15 is 0 Å². The number of nitrogens with zero attached hydrogens (tertiary/aromatic N) is 1. The number of hydrogen-bond acceptors (Lipinski definition) is 10. The van der Waals surface area contributed by atoms with Gasteiger partial charge in [0.15, 0.2) is 17.1 Å². The molecule has 0 spiro atoms. The van der Waals surface area contributed by atoms with Gasteiger partial charge in [-0.05, 0) is 48.4 Å². The molecule has 0 atom stereocenters. The minimum absolute atomic E-state index is 0.0363. The van der Waals surface area contributed by atoms with Crippen LogP contribution in [0.2, 0.25) is 0 Å². The first-order chi connectivity index (χ1) is 18.3. The molecule has 12 heteroatoms. The van der Waals surface area contributed by atoms with Gasteiger partial charge in [0.1, 0.15) is 23.7 Å². The number of aromatic nitrogens is 1. The minimum atomic E-state index is -4.62. The van der Waals surface area contributed by atoms with Gasteiger partial charge >= 0.3 is 16.3 Å². The maximum Gasteiger partial charge on any atom is 0.410 e. The fourth-order valence-electron chi connectivity index (χ4n) is 3.74. The molecule has 4 aromatic rings. The van der Waals surface area contributed by atoms with E-state index < -0.39 is 16.3 Å². The van der Waals surface area contributed by atoms with E-state index in [9.17, 15) is 13.2 Å². The van der Waals surface area contributed by atoms with Crippen LogP contribution in [-0.2, 0) is 27.5 Å². The number of benzene rings is 3. The van der Waals surface area contributed by atoms with Gasteiger partial charge in [0.2, 0.25) is 0 Å². The normalized spacial score (nSPS) is 11.2. The van der Waals surface area contributed by atoms with Crippen molar-refractivity contribution in [3.63, 3.8) is 0 Å². The van der Waals surface area contributed by atoms with E-state index in [2.05, 4.69) is 9.88 Å². The van der Waals surface area contributed by atoms with Gasteiger partial charge in [-0.2, -0.15) is 8.42 Å². The van der Waals surface area contributed by atoms with Gasteiger partial charge in [-0.15, -0.1) is 0 Å². The van der Waals surface area contributed by atoms with Crippen molar-refractivity contribution in [2.75, 3.05) is 26.1 Å². The highest BCUT2D eigenvalue weighted by atomic mass is 32.2. The second-order valence-corrected chi connectivity index (χ2v) is 9.25. The van der Waals surface area contributed by atoms with E-state index in [1.807, 2.05) is 6.92 Å². The smallest absolute Gasteiger partial charge is 0.410 e. The molecule has 0 radical (unpaired) electrons. The molecule has 0 aliphatic heterocycles. The van der Waals surface area contributed by atoms with Gasteiger partial charge in [0.25, 0.3) is 0 Å². The van der Waals surface area contributed by atoms with E-state index in [-0.39, 0.29) is 34.9 Å². The van der Waals surface area contributed by atoms with E-state index in [1.54, 1.807) is 49.6 Å². The van der Waals surface area contributed by atoms with Crippen LogP contribution in [0.5, 0.6) is 23.0 Å². The Hall–Kier alpha value is -4.45. The van der Waals surface area contributed by atoms with Crippen molar-refractivity contribution in [2.45, 2.75) is 20.0 Å². The molecule has 11 nitrogen and oxygen atoms in total. The van der Waals surface area contributed by atoms with Crippen LogP contribution in [0.1, 0.15) is 28.4 Å². The fourth-order valence-corrected chi connectivity index (χ4v) is 4.49. The summed E-state index contributed by atoms with van der Waals surface area (Å²) in [6.45, 7) is 1.99. The van der Waals surface area contributed by atoms with E-state index in [1.165, 1.54) is 26.5 Å². The third-order valence-electron chi connectivity index (χ3n) is 5.63. The summed E-state index contributed by atoms with van der Waals surface area (Å²) >= 11 is 0. The van der Waals surface area contributed by atoms with E-state index in [0.717, 1.165) is 11.1 Å². The van der Waals surface area contributed by atoms with Crippen molar-refractivity contribution >= 4 is 32.9 Å². The lowest BCUT2D eigenvalue weighted by atomic mass is 10.1. The summed E-state index contributed by atoms with van der Waals surface area (Å²) in [5, 5.41) is 4.15. The number of carbonyl (C=O) groups excluding carboxylic acids is 1. The Labute approximate surface area is 219 Å². The van der Waals surface area contributed by atoms with E-state index in [0.29, 0.717) is 23.3 Å². The fraction of sp³-hybridized carbons (Fsp3) is 0.231. The van der Waals surface area contributed by atoms with Gasteiger partial charge in [0, 0.05) is 17.0 Å². The van der Waals surface area contributed by atoms with Gasteiger partial charge in [-0.1, -0.05) is 18.1 Å². The Morgan fingerprint density at radius 2 is 1.82 bits per heavy atom. The lowest BCUT2D eigenvalue weighted by Gasteiger charge is -2.18. The van der Waals surface area contributed by atoms with Crippen molar-refractivity contribution < 1.29 is 40.9 Å². The third kappa shape index (κ3) is 5.75. The van der Waals surface area contributed by atoms with Crippen molar-refractivity contribution in [3.05, 3.63) is 71.4 Å². The van der Waals surface area contributed by atoms with Gasteiger partial charge in [0.05, 0.1) is 33.2 Å². The van der Waals surface area contributed by atoms with Crippen LogP contribution < -0.4 is 23.7 Å². The highest BCUT2D eigenvalue weighted by Crippen LogP contribution is 2.39. The van der Waals surface area contributed by atoms with Crippen molar-refractivity contribution in [3.8, 4) is 23.0 Å². The molecule has 1 aromatic heterocycles. The van der Waals surface area contributed by atoms with Crippen molar-refractivity contribution in [2.24, 2.45) is 0 Å². The second-order valence-electron chi connectivity index (χ2n) is 7.97. The van der Waals surface area contributed by atoms with Crippen LogP contribution in [0.3, 0.4) is 0 Å². The number of aryl methyl sites for hydroxylation is 1. The van der Waals surface area contributed by atoms with Gasteiger partial charge in [-0.25, -0.2) is 9.52 Å². The molecule has 200 valence electrons. The Kier molecular flexibility index (Phi) is 7.91. The van der Waals surface area contributed by atoms with Crippen LogP contribution in [0.25, 0.3) is 11.0 Å². The lowest BCUT2D eigenvalue weighted by Crippen LogP contribution is -2.21. The summed E-state index contributed by atoms with van der Waals surface area (Å²) in [6, 6.07) is 13.2. The van der Waals surface area contributed by atoms with Crippen LogP contribution >= 0.6 is 0 Å². The molecule has 1 N–H and O–H groups in total. The average Bonchev–Trinajstić information content (AvgIpc) is 3.40. The SMILES string of the molecule is CCc1cc(NS(=O)(=O)OC(=O)c2cccc3cnoc23)c(OC)c(OCc2ccc(OC)cc2OC)c1. The molecule has 0 fully saturated rings. The number of methoxy groups -OCH3 is 3. The number of carbonyl (C=O) groups is 1. The second kappa shape index (κ2) is 11.3. The lowest BCUT2D eigenvalue weighted by molar-refractivity contribution is 0.0748. The molecule has 0 unspecified atom stereocenters. The summed E-state index contributed by atoms with van der Waals surface area (Å²) in [4.78, 5) is 12.7. The molecule has 3 aromatic carbocycles. The molecule has 38 heavy (non-hydrogen) atoms. The summed E-state index contributed by atoms with van der Waals surface area (Å²) in [5.41, 5.74) is 1.54. The topological polar surface area (TPSA) is 135 Å². The zero-order valence-electron chi connectivity index (χ0n) is 21.1. The maximum absolute atomic E-state index is 12.8. The highest BCUT2D eigenvalue weighted by Gasteiger charge is 2.25. The number of hydrogen-bond donors (Lipinski definition) is 1. The van der Waals surface area contributed by atoms with Gasteiger partial charge < -0.3 is 27.7 Å². The van der Waals surface area contributed by atoms with Crippen LogP contribution in [-0.4, -0.2) is 40.9 Å². The zero-order chi connectivity index (χ0) is 27.3. The molecule has 0 aliphatic carbocycles. The highest BCUT2D eigenvalue weighted by molar-refractivity contribution is 7.88. The summed E-state index contributed by atoms with van der Waals surface area (Å²) < 4.78 is 59.9. The number of rotatable bonds is 11. The third-order valence-corrected chi connectivity index (χ3v) is 6.47. The van der Waals surface area contributed by atoms with E-state index in [4.69, 9.17) is 27.7 Å². The first-order valence-corrected chi connectivity index (χ1v) is 12.8. The van der Waals surface area contributed by atoms with Crippen molar-refractivity contribution in [1.82, 2.24) is 5.16 Å². The molecular weight excluding hydrogens is 516 g/mol. The summed E-state index contributed by atoms with van der Waals surface area (Å²) in [7, 11) is -0.162. The van der Waals surface area contributed by atoms with Crippen molar-refractivity contribution in [1.29, 1.82) is 0 Å². The molecule has 0 saturated carbocycles.